The number of carbonyl (C=O) groups is 4. The molecule has 43 heavy (non-hydrogen) atoms. The summed E-state index contributed by atoms with van der Waals surface area (Å²) in [7, 11) is 1.57. The summed E-state index contributed by atoms with van der Waals surface area (Å²) >= 11 is 4.66. The third-order valence-corrected chi connectivity index (χ3v) is 8.26. The number of rotatable bonds is 9. The fraction of sp³-hybridized carbons (Fsp3) is 0.0909. The summed E-state index contributed by atoms with van der Waals surface area (Å²) in [5.41, 5.74) is 2.20. The van der Waals surface area contributed by atoms with E-state index in [1.807, 2.05) is 0 Å². The minimum Gasteiger partial charge on any atom is -0.497 e. The third kappa shape index (κ3) is 7.40. The van der Waals surface area contributed by atoms with Gasteiger partial charge in [-0.3, -0.25) is 19.2 Å². The summed E-state index contributed by atoms with van der Waals surface area (Å²) < 4.78 is 6.06. The zero-order valence-corrected chi connectivity index (χ0v) is 25.4. The lowest BCUT2D eigenvalue weighted by Crippen LogP contribution is -2.31. The predicted octanol–water partition coefficient (Wildman–Crippen LogP) is 6.29. The van der Waals surface area contributed by atoms with Crippen LogP contribution in [-0.4, -0.2) is 36.0 Å². The number of hydrogen-bond acceptors (Lipinski definition) is 6. The smallest absolute Gasteiger partial charge is 0.272 e. The topological polar surface area (TPSA) is 105 Å². The molecule has 1 saturated heterocycles. The van der Waals surface area contributed by atoms with Crippen LogP contribution in [0.15, 0.2) is 118 Å². The first kappa shape index (κ1) is 29.8. The number of methoxy groups -OCH3 is 1. The van der Waals surface area contributed by atoms with Crippen LogP contribution in [0.5, 0.6) is 5.75 Å². The Morgan fingerprint density at radius 2 is 1.58 bits per heavy atom. The van der Waals surface area contributed by atoms with Gasteiger partial charge in [0, 0.05) is 27.0 Å². The number of imide groups is 1. The number of carbonyl (C=O) groups excluding carboxylic acids is 4. The molecule has 1 atom stereocenters. The first-order valence-corrected chi connectivity index (χ1v) is 14.9. The number of anilines is 2. The van der Waals surface area contributed by atoms with Crippen LogP contribution in [0.1, 0.15) is 22.3 Å². The monoisotopic (exact) mass is 655 g/mol. The highest BCUT2D eigenvalue weighted by Gasteiger charge is 2.40. The molecule has 0 spiro atoms. The molecule has 2 N–H and O–H groups in total. The van der Waals surface area contributed by atoms with Gasteiger partial charge in [-0.2, -0.15) is 0 Å². The van der Waals surface area contributed by atoms with Crippen molar-refractivity contribution in [2.24, 2.45) is 0 Å². The van der Waals surface area contributed by atoms with Gasteiger partial charge >= 0.3 is 0 Å². The molecule has 1 unspecified atom stereocenters. The highest BCUT2D eigenvalue weighted by Crippen LogP contribution is 2.34. The van der Waals surface area contributed by atoms with E-state index in [2.05, 4.69) is 26.6 Å². The van der Waals surface area contributed by atoms with Gasteiger partial charge < -0.3 is 15.4 Å². The van der Waals surface area contributed by atoms with Gasteiger partial charge in [0.2, 0.25) is 11.8 Å². The molecular formula is C33H26BrN3O5S. The molecule has 1 fully saturated rings. The average Bonchev–Trinajstić information content (AvgIpc) is 3.30. The zero-order chi connectivity index (χ0) is 30.3. The van der Waals surface area contributed by atoms with Crippen molar-refractivity contribution in [3.8, 4) is 5.75 Å². The molecule has 0 radical (unpaired) electrons. The normalized spacial score (nSPS) is 14.9. The van der Waals surface area contributed by atoms with Crippen molar-refractivity contribution < 1.29 is 23.9 Å². The van der Waals surface area contributed by atoms with E-state index in [0.717, 1.165) is 9.37 Å². The molecule has 10 heteroatoms. The lowest BCUT2D eigenvalue weighted by molar-refractivity contribution is -0.121. The van der Waals surface area contributed by atoms with Crippen molar-refractivity contribution in [3.05, 3.63) is 124 Å². The second kappa shape index (κ2) is 13.5. The lowest BCUT2D eigenvalue weighted by atomic mass is 10.1. The summed E-state index contributed by atoms with van der Waals surface area (Å²) in [6.45, 7) is 0. The summed E-state index contributed by atoms with van der Waals surface area (Å²) in [4.78, 5) is 53.9. The number of hydrogen-bond donors (Lipinski definition) is 2. The van der Waals surface area contributed by atoms with Crippen molar-refractivity contribution in [1.82, 2.24) is 5.32 Å². The summed E-state index contributed by atoms with van der Waals surface area (Å²) in [6.07, 6.45) is 1.68. The van der Waals surface area contributed by atoms with Gasteiger partial charge in [0.1, 0.15) is 11.4 Å². The van der Waals surface area contributed by atoms with E-state index in [1.165, 1.54) is 16.7 Å². The van der Waals surface area contributed by atoms with E-state index in [4.69, 9.17) is 4.74 Å². The molecule has 216 valence electrons. The molecule has 0 aromatic heterocycles. The van der Waals surface area contributed by atoms with Crippen LogP contribution in [-0.2, 0) is 14.4 Å². The van der Waals surface area contributed by atoms with Gasteiger partial charge in [-0.05, 0) is 84.4 Å². The lowest BCUT2D eigenvalue weighted by Gasteiger charge is -2.15. The van der Waals surface area contributed by atoms with Gasteiger partial charge in [0.05, 0.1) is 18.0 Å². The van der Waals surface area contributed by atoms with Gasteiger partial charge in [-0.1, -0.05) is 46.3 Å². The first-order valence-electron chi connectivity index (χ1n) is 13.2. The quantitative estimate of drug-likeness (QED) is 0.162. The van der Waals surface area contributed by atoms with Crippen LogP contribution >= 0.6 is 27.7 Å². The van der Waals surface area contributed by atoms with Gasteiger partial charge in [0.15, 0.2) is 0 Å². The minimum atomic E-state index is -0.552. The van der Waals surface area contributed by atoms with Gasteiger partial charge in [-0.15, -0.1) is 11.8 Å². The maximum absolute atomic E-state index is 13.3. The maximum Gasteiger partial charge on any atom is 0.272 e. The van der Waals surface area contributed by atoms with Crippen molar-refractivity contribution in [2.45, 2.75) is 16.6 Å². The number of thioether (sulfide) groups is 1. The van der Waals surface area contributed by atoms with E-state index in [-0.39, 0.29) is 23.9 Å². The number of nitrogens with zero attached hydrogens (tertiary/aromatic N) is 1. The summed E-state index contributed by atoms with van der Waals surface area (Å²) in [5.74, 6) is -0.781. The molecule has 0 saturated carbocycles. The number of halogens is 1. The van der Waals surface area contributed by atoms with Crippen LogP contribution in [0, 0.1) is 0 Å². The Balaban J connectivity index is 1.28. The second-order valence-corrected chi connectivity index (χ2v) is 11.7. The van der Waals surface area contributed by atoms with E-state index in [9.17, 15) is 19.2 Å². The second-order valence-electron chi connectivity index (χ2n) is 9.48. The molecule has 1 aliphatic heterocycles. The standard InChI is InChI=1S/C33H26BrN3O5S/c1-42-26-15-7-21(8-16-26)19-28(36-31(39)22-5-3-2-4-6-22)32(40)35-24-11-17-27(18-12-24)43-29-20-30(38)37(33(29)41)25-13-9-23(34)10-14-25/h2-19,29H,20H2,1H3,(H,35,40)(H,36,39)/b28-19-. The molecule has 8 nitrogen and oxygen atoms in total. The number of benzene rings is 4. The fourth-order valence-electron chi connectivity index (χ4n) is 4.35. The zero-order valence-electron chi connectivity index (χ0n) is 23.0. The third-order valence-electron chi connectivity index (χ3n) is 6.54. The van der Waals surface area contributed by atoms with Crippen molar-refractivity contribution >= 4 is 68.8 Å². The molecule has 0 bridgehead atoms. The Kier molecular flexibility index (Phi) is 9.38. The first-order chi connectivity index (χ1) is 20.8. The van der Waals surface area contributed by atoms with Gasteiger partial charge in [-0.25, -0.2) is 4.90 Å². The highest BCUT2D eigenvalue weighted by atomic mass is 79.9. The Morgan fingerprint density at radius 1 is 0.907 bits per heavy atom. The summed E-state index contributed by atoms with van der Waals surface area (Å²) in [5, 5.41) is 4.99. The molecule has 4 aromatic rings. The molecule has 1 aliphatic rings. The molecule has 4 amide bonds. The molecular weight excluding hydrogens is 630 g/mol. The average molecular weight is 657 g/mol. The minimum absolute atomic E-state index is 0.0561. The van der Waals surface area contributed by atoms with Crippen LogP contribution in [0.3, 0.4) is 0 Å². The van der Waals surface area contributed by atoms with E-state index >= 15 is 0 Å². The largest absolute Gasteiger partial charge is 0.497 e. The van der Waals surface area contributed by atoms with Crippen LogP contribution < -0.4 is 20.3 Å². The van der Waals surface area contributed by atoms with Crippen molar-refractivity contribution in [1.29, 1.82) is 0 Å². The van der Waals surface area contributed by atoms with Gasteiger partial charge in [0.25, 0.3) is 11.8 Å². The molecule has 5 rings (SSSR count). The molecule has 0 aliphatic carbocycles. The number of nitrogens with one attached hydrogen (secondary N) is 2. The number of amides is 4. The van der Waals surface area contributed by atoms with E-state index in [0.29, 0.717) is 28.3 Å². The summed E-state index contributed by atoms with van der Waals surface area (Å²) in [6, 6.07) is 29.7. The van der Waals surface area contributed by atoms with Crippen molar-refractivity contribution in [2.75, 3.05) is 17.3 Å². The van der Waals surface area contributed by atoms with E-state index in [1.54, 1.807) is 116 Å². The highest BCUT2D eigenvalue weighted by molar-refractivity contribution is 9.10. The Hall–Kier alpha value is -4.67. The Bertz CT molecular complexity index is 1670. The maximum atomic E-state index is 13.3. The van der Waals surface area contributed by atoms with Crippen molar-refractivity contribution in [3.63, 3.8) is 0 Å². The van der Waals surface area contributed by atoms with Crippen LogP contribution in [0.4, 0.5) is 11.4 Å². The van der Waals surface area contributed by atoms with Crippen LogP contribution in [0.2, 0.25) is 0 Å². The SMILES string of the molecule is COc1ccc(/C=C(\NC(=O)c2ccccc2)C(=O)Nc2ccc(SC3CC(=O)N(c4ccc(Br)cc4)C3=O)cc2)cc1. The predicted molar refractivity (Wildman–Crippen MR) is 171 cm³/mol. The van der Waals surface area contributed by atoms with Crippen LogP contribution in [0.25, 0.3) is 6.08 Å². The Morgan fingerprint density at radius 3 is 2.23 bits per heavy atom. The molecule has 4 aromatic carbocycles. The number of ether oxygens (including phenoxy) is 1. The van der Waals surface area contributed by atoms with E-state index < -0.39 is 17.1 Å². The Labute approximate surface area is 261 Å². The molecule has 1 heterocycles. The fourth-order valence-corrected chi connectivity index (χ4v) is 5.66.